The number of hydrogen-bond donors (Lipinski definition) is 0. The Morgan fingerprint density at radius 3 is 2.23 bits per heavy atom. The lowest BCUT2D eigenvalue weighted by atomic mass is 10.1. The van der Waals surface area contributed by atoms with Gasteiger partial charge in [0.2, 0.25) is 0 Å². The van der Waals surface area contributed by atoms with Gasteiger partial charge in [-0.15, -0.1) is 0 Å². The van der Waals surface area contributed by atoms with E-state index in [9.17, 15) is 19.8 Å². The first-order chi connectivity index (χ1) is 6.07. The van der Waals surface area contributed by atoms with Crippen molar-refractivity contribution < 1.29 is 19.8 Å². The lowest BCUT2D eigenvalue weighted by Crippen LogP contribution is -2.27. The summed E-state index contributed by atoms with van der Waals surface area (Å²) in [6.07, 6.45) is 3.29. The van der Waals surface area contributed by atoms with Gasteiger partial charge >= 0.3 is 0 Å². The number of carboxylic acids is 2. The van der Waals surface area contributed by atoms with Gasteiger partial charge in [0.1, 0.15) is 0 Å². The Balaban J connectivity index is 4.11. The number of aliphatic carboxylic acids is 2. The van der Waals surface area contributed by atoms with Crippen molar-refractivity contribution in [1.82, 2.24) is 0 Å². The van der Waals surface area contributed by atoms with Gasteiger partial charge in [-0.1, -0.05) is 19.8 Å². The van der Waals surface area contributed by atoms with Gasteiger partial charge in [0.05, 0.1) is 11.9 Å². The molecule has 0 aliphatic carbocycles. The number of carbonyl (C=O) groups excluding carboxylic acids is 2. The molecule has 0 atom stereocenters. The lowest BCUT2D eigenvalue weighted by Gasteiger charge is -2.08. The highest BCUT2D eigenvalue weighted by molar-refractivity contribution is 5.92. The molecular formula is C9H12O4-2. The summed E-state index contributed by atoms with van der Waals surface area (Å²) in [5.74, 6) is -2.92. The molecule has 0 amide bonds. The summed E-state index contributed by atoms with van der Waals surface area (Å²) in [5.41, 5.74) is -0.201. The van der Waals surface area contributed by atoms with E-state index in [2.05, 4.69) is 0 Å². The van der Waals surface area contributed by atoms with Crippen molar-refractivity contribution in [3.63, 3.8) is 0 Å². The molecule has 0 saturated heterocycles. The molecular weight excluding hydrogens is 172 g/mol. The van der Waals surface area contributed by atoms with Crippen molar-refractivity contribution >= 4 is 11.9 Å². The van der Waals surface area contributed by atoms with Gasteiger partial charge in [0, 0.05) is 0 Å². The molecule has 4 heteroatoms. The van der Waals surface area contributed by atoms with E-state index < -0.39 is 11.9 Å². The molecule has 0 bridgehead atoms. The average molecular weight is 184 g/mol. The molecule has 0 radical (unpaired) electrons. The Morgan fingerprint density at radius 2 is 1.85 bits per heavy atom. The maximum Gasteiger partial charge on any atom is 0.0675 e. The molecule has 0 aliphatic heterocycles. The lowest BCUT2D eigenvalue weighted by molar-refractivity contribution is -0.303. The molecule has 0 aromatic carbocycles. The first kappa shape index (κ1) is 11.7. The second-order valence-corrected chi connectivity index (χ2v) is 2.73. The fraction of sp³-hybridized carbons (Fsp3) is 0.556. The molecule has 4 nitrogen and oxygen atoms in total. The minimum Gasteiger partial charge on any atom is -0.545 e. The molecule has 0 fully saturated rings. The van der Waals surface area contributed by atoms with E-state index in [4.69, 9.17) is 0 Å². The summed E-state index contributed by atoms with van der Waals surface area (Å²) in [7, 11) is 0. The monoisotopic (exact) mass is 184 g/mol. The van der Waals surface area contributed by atoms with Crippen molar-refractivity contribution in [1.29, 1.82) is 0 Å². The van der Waals surface area contributed by atoms with E-state index in [0.717, 1.165) is 12.8 Å². The van der Waals surface area contributed by atoms with Gasteiger partial charge in [-0.25, -0.2) is 0 Å². The van der Waals surface area contributed by atoms with Crippen LogP contribution in [0.5, 0.6) is 0 Å². The molecule has 0 spiro atoms. The van der Waals surface area contributed by atoms with Crippen LogP contribution in [0.1, 0.15) is 32.6 Å². The van der Waals surface area contributed by atoms with Gasteiger partial charge in [-0.2, -0.15) is 0 Å². The normalized spacial score (nSPS) is 11.3. The largest absolute Gasteiger partial charge is 0.545 e. The van der Waals surface area contributed by atoms with Crippen LogP contribution >= 0.6 is 0 Å². The maximum absolute atomic E-state index is 10.4. The average Bonchev–Trinajstić information content (AvgIpc) is 2.02. The van der Waals surface area contributed by atoms with E-state index in [1.807, 2.05) is 6.92 Å². The molecule has 0 N–H and O–H groups in total. The minimum atomic E-state index is -1.49. The standard InChI is InChI=1S/C9H14O4/c1-2-3-4-5-7(9(12)13)6-8(10)11/h6H,2-5H2,1H3,(H,10,11)(H,12,13)/p-2/b7-6-. The van der Waals surface area contributed by atoms with Crippen molar-refractivity contribution in [2.75, 3.05) is 0 Å². The molecule has 0 unspecified atom stereocenters. The van der Waals surface area contributed by atoms with Gasteiger partial charge in [0.25, 0.3) is 0 Å². The number of unbranched alkanes of at least 4 members (excludes halogenated alkanes) is 2. The van der Waals surface area contributed by atoms with E-state index in [1.165, 1.54) is 0 Å². The van der Waals surface area contributed by atoms with Crippen LogP contribution in [-0.4, -0.2) is 11.9 Å². The second-order valence-electron chi connectivity index (χ2n) is 2.73. The molecule has 74 valence electrons. The third-order valence-corrected chi connectivity index (χ3v) is 1.60. The van der Waals surface area contributed by atoms with Crippen LogP contribution in [0.25, 0.3) is 0 Å². The summed E-state index contributed by atoms with van der Waals surface area (Å²) in [6.45, 7) is 1.97. The Labute approximate surface area is 76.9 Å². The Hall–Kier alpha value is -1.32. The first-order valence-electron chi connectivity index (χ1n) is 4.20. The van der Waals surface area contributed by atoms with Crippen LogP contribution in [0.2, 0.25) is 0 Å². The maximum atomic E-state index is 10.4. The van der Waals surface area contributed by atoms with Gasteiger partial charge in [-0.3, -0.25) is 0 Å². The quantitative estimate of drug-likeness (QED) is 0.391. The zero-order valence-electron chi connectivity index (χ0n) is 7.54. The zero-order chi connectivity index (χ0) is 10.3. The Kier molecular flexibility index (Phi) is 5.59. The number of carboxylic acid groups (broad SMARTS) is 2. The summed E-state index contributed by atoms with van der Waals surface area (Å²) in [4.78, 5) is 20.4. The SMILES string of the molecule is CCCCC/C(=C/C(=O)[O-])C(=O)[O-]. The Bertz CT molecular complexity index is 218. The Morgan fingerprint density at radius 1 is 1.23 bits per heavy atom. The van der Waals surface area contributed by atoms with Crippen LogP contribution in [0, 0.1) is 0 Å². The summed E-state index contributed by atoms with van der Waals surface area (Å²) in [6, 6.07) is 0. The molecule has 0 aliphatic rings. The second kappa shape index (κ2) is 6.22. The predicted molar refractivity (Wildman–Crippen MR) is 42.2 cm³/mol. The van der Waals surface area contributed by atoms with Crippen LogP contribution in [0.3, 0.4) is 0 Å². The number of rotatable bonds is 6. The fourth-order valence-corrected chi connectivity index (χ4v) is 0.941. The molecule has 13 heavy (non-hydrogen) atoms. The van der Waals surface area contributed by atoms with Crippen LogP contribution < -0.4 is 10.2 Å². The minimum absolute atomic E-state index is 0.201. The zero-order valence-corrected chi connectivity index (χ0v) is 7.54. The first-order valence-corrected chi connectivity index (χ1v) is 4.20. The van der Waals surface area contributed by atoms with E-state index in [-0.39, 0.29) is 12.0 Å². The summed E-state index contributed by atoms with van der Waals surface area (Å²) < 4.78 is 0. The number of hydrogen-bond acceptors (Lipinski definition) is 4. The van der Waals surface area contributed by atoms with Crippen LogP contribution in [-0.2, 0) is 9.59 Å². The molecule has 0 aromatic heterocycles. The number of carbonyl (C=O) groups is 2. The van der Waals surface area contributed by atoms with Crippen LogP contribution in [0.4, 0.5) is 0 Å². The third kappa shape index (κ3) is 5.90. The van der Waals surface area contributed by atoms with Crippen molar-refractivity contribution in [2.24, 2.45) is 0 Å². The van der Waals surface area contributed by atoms with Crippen molar-refractivity contribution in [3.8, 4) is 0 Å². The smallest absolute Gasteiger partial charge is 0.0675 e. The molecule has 0 rings (SSSR count). The summed E-state index contributed by atoms with van der Waals surface area (Å²) >= 11 is 0. The van der Waals surface area contributed by atoms with E-state index in [1.54, 1.807) is 0 Å². The fourth-order valence-electron chi connectivity index (χ4n) is 0.941. The predicted octanol–water partition coefficient (Wildman–Crippen LogP) is -1.01. The van der Waals surface area contributed by atoms with Gasteiger partial charge in [-0.05, 0) is 24.5 Å². The highest BCUT2D eigenvalue weighted by Gasteiger charge is 1.97. The third-order valence-electron chi connectivity index (χ3n) is 1.60. The van der Waals surface area contributed by atoms with E-state index >= 15 is 0 Å². The summed E-state index contributed by atoms with van der Waals surface area (Å²) in [5, 5.41) is 20.4. The van der Waals surface area contributed by atoms with Gasteiger partial charge in [0.15, 0.2) is 0 Å². The topological polar surface area (TPSA) is 80.3 Å². The van der Waals surface area contributed by atoms with Gasteiger partial charge < -0.3 is 19.8 Å². The highest BCUT2D eigenvalue weighted by atomic mass is 16.4. The molecule has 0 aromatic rings. The molecule has 0 heterocycles. The highest BCUT2D eigenvalue weighted by Crippen LogP contribution is 2.07. The molecule has 0 saturated carbocycles. The van der Waals surface area contributed by atoms with Crippen molar-refractivity contribution in [3.05, 3.63) is 11.6 Å². The van der Waals surface area contributed by atoms with Crippen molar-refractivity contribution in [2.45, 2.75) is 32.6 Å². The van der Waals surface area contributed by atoms with E-state index in [0.29, 0.717) is 12.5 Å². The van der Waals surface area contributed by atoms with Crippen LogP contribution in [0.15, 0.2) is 11.6 Å².